The lowest BCUT2D eigenvalue weighted by Crippen LogP contribution is -2.40. The number of nitrogens with zero attached hydrogens (tertiary/aromatic N) is 2. The third-order valence-electron chi connectivity index (χ3n) is 5.24. The summed E-state index contributed by atoms with van der Waals surface area (Å²) in [4.78, 5) is 37.1. The quantitative estimate of drug-likeness (QED) is 0.497. The third kappa shape index (κ3) is 5.61. The van der Waals surface area contributed by atoms with Crippen molar-refractivity contribution in [3.8, 4) is 11.5 Å². The molecule has 1 unspecified atom stereocenters. The molecule has 1 heterocycles. The van der Waals surface area contributed by atoms with Gasteiger partial charge in [-0.15, -0.1) is 0 Å². The second-order valence-corrected chi connectivity index (χ2v) is 7.95. The molecule has 2 N–H and O–H groups in total. The summed E-state index contributed by atoms with van der Waals surface area (Å²) >= 11 is 0. The molecule has 0 aliphatic carbocycles. The van der Waals surface area contributed by atoms with Crippen molar-refractivity contribution < 1.29 is 19.0 Å². The van der Waals surface area contributed by atoms with E-state index in [4.69, 9.17) is 19.9 Å². The van der Waals surface area contributed by atoms with Crippen molar-refractivity contribution in [2.45, 2.75) is 39.0 Å². The number of fused-ring (bicyclic) bond motifs is 1. The van der Waals surface area contributed by atoms with Gasteiger partial charge >= 0.3 is 5.69 Å². The van der Waals surface area contributed by atoms with Gasteiger partial charge in [-0.2, -0.15) is 0 Å². The number of hydrogen-bond acceptors (Lipinski definition) is 6. The molecule has 0 aliphatic rings. The van der Waals surface area contributed by atoms with E-state index in [0.29, 0.717) is 28.8 Å². The predicted octanol–water partition coefficient (Wildman–Crippen LogP) is 1.61. The van der Waals surface area contributed by atoms with Gasteiger partial charge in [0.25, 0.3) is 5.56 Å². The zero-order valence-electron chi connectivity index (χ0n) is 19.2. The smallest absolute Gasteiger partial charge is 0.331 e. The summed E-state index contributed by atoms with van der Waals surface area (Å²) in [6.45, 7) is 3.91. The first-order valence-electron chi connectivity index (χ1n) is 10.7. The third-order valence-corrected chi connectivity index (χ3v) is 5.24. The minimum Gasteiger partial charge on any atom is -0.497 e. The number of primary amides is 1. The molecule has 0 aliphatic heterocycles. The lowest BCUT2D eigenvalue weighted by Gasteiger charge is -2.17. The number of ether oxygens (including phenoxy) is 3. The van der Waals surface area contributed by atoms with E-state index in [2.05, 4.69) is 0 Å². The minimum absolute atomic E-state index is 0.0897. The molecule has 3 aromatic rings. The van der Waals surface area contributed by atoms with Crippen LogP contribution < -0.4 is 26.5 Å². The molecule has 3 rings (SSSR count). The van der Waals surface area contributed by atoms with Crippen LogP contribution in [0.3, 0.4) is 0 Å². The Bertz CT molecular complexity index is 1240. The van der Waals surface area contributed by atoms with Crippen LogP contribution in [-0.4, -0.2) is 41.0 Å². The Hall–Kier alpha value is -3.59. The number of rotatable bonds is 10. The summed E-state index contributed by atoms with van der Waals surface area (Å²) in [6, 6.07) is 12.2. The molecule has 9 nitrogen and oxygen atoms in total. The molecule has 1 atom stereocenters. The molecule has 1 amide bonds. The first-order valence-corrected chi connectivity index (χ1v) is 10.7. The number of aromatic nitrogens is 2. The Balaban J connectivity index is 1.70. The second kappa shape index (κ2) is 10.4. The van der Waals surface area contributed by atoms with Gasteiger partial charge in [0.2, 0.25) is 5.91 Å². The highest BCUT2D eigenvalue weighted by Crippen LogP contribution is 2.17. The fourth-order valence-corrected chi connectivity index (χ4v) is 3.55. The summed E-state index contributed by atoms with van der Waals surface area (Å²) < 4.78 is 19.1. The molecular weight excluding hydrogens is 426 g/mol. The summed E-state index contributed by atoms with van der Waals surface area (Å²) in [6.07, 6.45) is -0.455. The molecule has 0 spiro atoms. The number of hydrogen-bond donors (Lipinski definition) is 1. The normalized spacial score (nSPS) is 12.2. The lowest BCUT2D eigenvalue weighted by atomic mass is 10.1. The molecule has 1 aromatic heterocycles. The largest absolute Gasteiger partial charge is 0.497 e. The Morgan fingerprint density at radius 2 is 1.73 bits per heavy atom. The van der Waals surface area contributed by atoms with Crippen molar-refractivity contribution in [1.82, 2.24) is 9.13 Å². The van der Waals surface area contributed by atoms with Gasteiger partial charge in [0.05, 0.1) is 30.7 Å². The fraction of sp³-hybridized carbons (Fsp3) is 0.375. The molecule has 0 saturated heterocycles. The predicted molar refractivity (Wildman–Crippen MR) is 125 cm³/mol. The molecule has 0 saturated carbocycles. The van der Waals surface area contributed by atoms with E-state index in [0.717, 1.165) is 10.1 Å². The van der Waals surface area contributed by atoms with E-state index < -0.39 is 23.3 Å². The Morgan fingerprint density at radius 3 is 2.33 bits per heavy atom. The highest BCUT2D eigenvalue weighted by Gasteiger charge is 2.18. The van der Waals surface area contributed by atoms with Crippen LogP contribution in [0.15, 0.2) is 52.1 Å². The molecule has 9 heteroatoms. The standard InChI is InChI=1S/C24H29N3O6/c1-15(2)33-21(22(25)28)13-16-5-7-17(8-6-16)32-12-11-27-23(29)19-14-18(31-4)9-10-20(19)26(3)24(27)30/h5-10,14-15,21H,11-13H2,1-4H3,(H2,25,28). The van der Waals surface area contributed by atoms with Gasteiger partial charge in [-0.3, -0.25) is 18.7 Å². The van der Waals surface area contributed by atoms with Gasteiger partial charge < -0.3 is 19.9 Å². The molecule has 176 valence electrons. The van der Waals surface area contributed by atoms with Crippen LogP contribution in [0.25, 0.3) is 10.9 Å². The molecular formula is C24H29N3O6. The summed E-state index contributed by atoms with van der Waals surface area (Å²) in [5.41, 5.74) is 6.02. The van der Waals surface area contributed by atoms with Crippen molar-refractivity contribution in [2.24, 2.45) is 12.8 Å². The Morgan fingerprint density at radius 1 is 1.06 bits per heavy atom. The first-order chi connectivity index (χ1) is 15.7. The Kier molecular flexibility index (Phi) is 7.55. The number of nitrogens with two attached hydrogens (primary N) is 1. The topological polar surface area (TPSA) is 115 Å². The minimum atomic E-state index is -0.702. The zero-order valence-corrected chi connectivity index (χ0v) is 19.2. The van der Waals surface area contributed by atoms with Gasteiger partial charge in [-0.05, 0) is 49.7 Å². The van der Waals surface area contributed by atoms with Crippen molar-refractivity contribution in [1.29, 1.82) is 0 Å². The summed E-state index contributed by atoms with van der Waals surface area (Å²) in [5, 5.41) is 0.397. The molecule has 2 aromatic carbocycles. The van der Waals surface area contributed by atoms with E-state index in [1.54, 1.807) is 37.4 Å². The summed E-state index contributed by atoms with van der Waals surface area (Å²) in [7, 11) is 3.14. The van der Waals surface area contributed by atoms with Crippen LogP contribution in [0.5, 0.6) is 11.5 Å². The maximum absolute atomic E-state index is 12.9. The van der Waals surface area contributed by atoms with E-state index in [-0.39, 0.29) is 19.3 Å². The number of benzene rings is 2. The van der Waals surface area contributed by atoms with Crippen LogP contribution in [0.2, 0.25) is 0 Å². The van der Waals surface area contributed by atoms with Crippen LogP contribution in [0, 0.1) is 0 Å². The lowest BCUT2D eigenvalue weighted by molar-refractivity contribution is -0.132. The maximum atomic E-state index is 12.9. The van der Waals surface area contributed by atoms with Gasteiger partial charge in [-0.1, -0.05) is 12.1 Å². The molecule has 33 heavy (non-hydrogen) atoms. The van der Waals surface area contributed by atoms with Crippen molar-refractivity contribution in [3.05, 3.63) is 68.9 Å². The monoisotopic (exact) mass is 455 g/mol. The van der Waals surface area contributed by atoms with Crippen LogP contribution in [0.4, 0.5) is 0 Å². The van der Waals surface area contributed by atoms with Gasteiger partial charge in [0.1, 0.15) is 24.2 Å². The number of carbonyl (C=O) groups is 1. The van der Waals surface area contributed by atoms with Crippen molar-refractivity contribution >= 4 is 16.8 Å². The molecule has 0 radical (unpaired) electrons. The second-order valence-electron chi connectivity index (χ2n) is 7.95. The maximum Gasteiger partial charge on any atom is 0.331 e. The van der Waals surface area contributed by atoms with E-state index >= 15 is 0 Å². The van der Waals surface area contributed by atoms with Crippen molar-refractivity contribution in [3.63, 3.8) is 0 Å². The van der Waals surface area contributed by atoms with Crippen LogP contribution >= 0.6 is 0 Å². The van der Waals surface area contributed by atoms with Gasteiger partial charge in [0.15, 0.2) is 0 Å². The zero-order chi connectivity index (χ0) is 24.1. The van der Waals surface area contributed by atoms with Crippen molar-refractivity contribution in [2.75, 3.05) is 13.7 Å². The summed E-state index contributed by atoms with van der Waals surface area (Å²) in [5.74, 6) is 0.606. The number of carbonyl (C=O) groups excluding carboxylic acids is 1. The highest BCUT2D eigenvalue weighted by atomic mass is 16.5. The highest BCUT2D eigenvalue weighted by molar-refractivity contribution is 5.80. The Labute approximate surface area is 191 Å². The number of amides is 1. The van der Waals surface area contributed by atoms with E-state index in [1.165, 1.54) is 11.7 Å². The van der Waals surface area contributed by atoms with E-state index in [9.17, 15) is 14.4 Å². The van der Waals surface area contributed by atoms with Crippen LogP contribution in [0.1, 0.15) is 19.4 Å². The number of aryl methyl sites for hydroxylation is 1. The van der Waals surface area contributed by atoms with Gasteiger partial charge in [-0.25, -0.2) is 4.79 Å². The fourth-order valence-electron chi connectivity index (χ4n) is 3.55. The van der Waals surface area contributed by atoms with E-state index in [1.807, 2.05) is 26.0 Å². The number of methoxy groups -OCH3 is 1. The van der Waals surface area contributed by atoms with Crippen LogP contribution in [-0.2, 0) is 29.5 Å². The van der Waals surface area contributed by atoms with Gasteiger partial charge in [0, 0.05) is 13.5 Å². The first kappa shape index (κ1) is 24.1. The SMILES string of the molecule is COc1ccc2c(c1)c(=O)n(CCOc1ccc(CC(OC(C)C)C(N)=O)cc1)c(=O)n2C. The average Bonchev–Trinajstić information content (AvgIpc) is 2.79. The average molecular weight is 456 g/mol. The molecule has 0 fully saturated rings. The molecule has 0 bridgehead atoms.